The minimum absolute atomic E-state index is 0.277. The number of thioether (sulfide) groups is 1. The van der Waals surface area contributed by atoms with E-state index in [0.717, 1.165) is 0 Å². The molecular formula is C10H18N4O5S. The molecule has 0 saturated carbocycles. The number of primary amides is 2. The Morgan fingerprint density at radius 2 is 1.75 bits per heavy atom. The van der Waals surface area contributed by atoms with Crippen LogP contribution in [0.5, 0.6) is 0 Å². The van der Waals surface area contributed by atoms with Gasteiger partial charge < -0.3 is 27.2 Å². The van der Waals surface area contributed by atoms with Crippen LogP contribution in [0.2, 0.25) is 0 Å². The highest BCUT2D eigenvalue weighted by Crippen LogP contribution is 2.02. The minimum Gasteiger partial charge on any atom is -0.480 e. The zero-order valence-electron chi connectivity index (χ0n) is 10.9. The van der Waals surface area contributed by atoms with Crippen molar-refractivity contribution in [2.45, 2.75) is 24.9 Å². The molecule has 7 N–H and O–H groups in total. The topological polar surface area (TPSA) is 165 Å². The van der Waals surface area contributed by atoms with Gasteiger partial charge in [-0.25, -0.2) is 9.59 Å². The number of carbonyl (C=O) groups is 4. The monoisotopic (exact) mass is 306 g/mol. The summed E-state index contributed by atoms with van der Waals surface area (Å²) in [5.74, 6) is -2.42. The fourth-order valence-corrected chi connectivity index (χ4v) is 1.82. The summed E-state index contributed by atoms with van der Waals surface area (Å²) < 4.78 is 0. The molecule has 0 aromatic carbocycles. The Bertz CT molecular complexity index is 390. The van der Waals surface area contributed by atoms with Gasteiger partial charge in [0, 0.05) is 0 Å². The Morgan fingerprint density at radius 3 is 2.15 bits per heavy atom. The zero-order valence-corrected chi connectivity index (χ0v) is 11.7. The zero-order chi connectivity index (χ0) is 15.7. The molecule has 2 atom stereocenters. The van der Waals surface area contributed by atoms with Gasteiger partial charge in [0.25, 0.3) is 0 Å². The van der Waals surface area contributed by atoms with E-state index in [1.54, 1.807) is 0 Å². The minimum atomic E-state index is -1.44. The van der Waals surface area contributed by atoms with Gasteiger partial charge in [-0.1, -0.05) is 0 Å². The van der Waals surface area contributed by atoms with E-state index in [1.165, 1.54) is 11.8 Å². The predicted molar refractivity (Wildman–Crippen MR) is 72.9 cm³/mol. The highest BCUT2D eigenvalue weighted by atomic mass is 32.2. The lowest BCUT2D eigenvalue weighted by Gasteiger charge is -2.19. The maximum Gasteiger partial charge on any atom is 0.326 e. The molecule has 0 aromatic heterocycles. The van der Waals surface area contributed by atoms with Crippen LogP contribution in [0.1, 0.15) is 12.8 Å². The summed E-state index contributed by atoms with van der Waals surface area (Å²) in [6.07, 6.45) is 1.55. The second-order valence-corrected chi connectivity index (χ2v) is 4.90. The average Bonchev–Trinajstić information content (AvgIpc) is 2.32. The third-order valence-electron chi connectivity index (χ3n) is 2.26. The molecule has 0 aliphatic heterocycles. The van der Waals surface area contributed by atoms with Gasteiger partial charge >= 0.3 is 12.0 Å². The van der Waals surface area contributed by atoms with Crippen molar-refractivity contribution in [1.29, 1.82) is 0 Å². The van der Waals surface area contributed by atoms with E-state index in [9.17, 15) is 19.2 Å². The van der Waals surface area contributed by atoms with E-state index in [2.05, 4.69) is 10.6 Å². The first kappa shape index (κ1) is 18.0. The maximum atomic E-state index is 11.9. The highest BCUT2D eigenvalue weighted by Gasteiger charge is 2.26. The summed E-state index contributed by atoms with van der Waals surface area (Å²) in [4.78, 5) is 44.3. The van der Waals surface area contributed by atoms with Gasteiger partial charge in [0.1, 0.15) is 12.1 Å². The molecule has 20 heavy (non-hydrogen) atoms. The first-order chi connectivity index (χ1) is 9.27. The molecule has 0 radical (unpaired) electrons. The van der Waals surface area contributed by atoms with Crippen molar-refractivity contribution in [3.63, 3.8) is 0 Å². The van der Waals surface area contributed by atoms with Crippen molar-refractivity contribution >= 4 is 35.6 Å². The van der Waals surface area contributed by atoms with Gasteiger partial charge in [-0.05, 0) is 18.4 Å². The molecular weight excluding hydrogens is 288 g/mol. The van der Waals surface area contributed by atoms with Crippen molar-refractivity contribution in [1.82, 2.24) is 10.6 Å². The molecule has 2 unspecified atom stereocenters. The molecule has 4 amide bonds. The van der Waals surface area contributed by atoms with Gasteiger partial charge in [0.15, 0.2) is 0 Å². The lowest BCUT2D eigenvalue weighted by atomic mass is 10.1. The molecule has 0 saturated heterocycles. The van der Waals surface area contributed by atoms with Gasteiger partial charge in [-0.15, -0.1) is 0 Å². The number of carboxylic acid groups (broad SMARTS) is 1. The van der Waals surface area contributed by atoms with Crippen LogP contribution in [-0.2, 0) is 14.4 Å². The van der Waals surface area contributed by atoms with Crippen LogP contribution in [0.3, 0.4) is 0 Å². The summed E-state index contributed by atoms with van der Waals surface area (Å²) in [7, 11) is 0. The number of carboxylic acids is 1. The van der Waals surface area contributed by atoms with E-state index in [0.29, 0.717) is 5.75 Å². The third-order valence-corrected chi connectivity index (χ3v) is 2.91. The fraction of sp³-hybridized carbons (Fsp3) is 0.600. The Hall–Kier alpha value is -1.97. The Labute approximate surface area is 119 Å². The van der Waals surface area contributed by atoms with Crippen molar-refractivity contribution in [3.8, 4) is 0 Å². The predicted octanol–water partition coefficient (Wildman–Crippen LogP) is -1.78. The number of nitrogens with one attached hydrogen (secondary N) is 2. The van der Waals surface area contributed by atoms with E-state index in [1.807, 2.05) is 6.26 Å². The van der Waals surface area contributed by atoms with Crippen LogP contribution in [0.15, 0.2) is 0 Å². The number of amides is 4. The van der Waals surface area contributed by atoms with Crippen LogP contribution >= 0.6 is 11.8 Å². The van der Waals surface area contributed by atoms with E-state index >= 15 is 0 Å². The summed E-state index contributed by atoms with van der Waals surface area (Å²) in [5, 5.41) is 13.2. The normalized spacial score (nSPS) is 13.1. The number of carbonyl (C=O) groups excluding carboxylic acids is 3. The molecule has 9 nitrogen and oxygen atoms in total. The Balaban J connectivity index is 4.72. The lowest BCUT2D eigenvalue weighted by molar-refractivity contribution is -0.143. The SMILES string of the molecule is CSCCC(NC(N)=O)C(=O)NC(CC(N)=O)C(=O)O. The second kappa shape index (κ2) is 9.02. The second-order valence-electron chi connectivity index (χ2n) is 3.91. The van der Waals surface area contributed by atoms with E-state index in [4.69, 9.17) is 16.6 Å². The first-order valence-electron chi connectivity index (χ1n) is 5.64. The van der Waals surface area contributed by atoms with Crippen molar-refractivity contribution in [2.75, 3.05) is 12.0 Å². The molecule has 0 aliphatic carbocycles. The summed E-state index contributed by atoms with van der Waals surface area (Å²) >= 11 is 1.45. The first-order valence-corrected chi connectivity index (χ1v) is 7.03. The number of aliphatic carboxylic acids is 1. The maximum absolute atomic E-state index is 11.9. The van der Waals surface area contributed by atoms with Gasteiger partial charge in [0.05, 0.1) is 6.42 Å². The molecule has 0 aliphatic rings. The lowest BCUT2D eigenvalue weighted by Crippen LogP contribution is -2.53. The highest BCUT2D eigenvalue weighted by molar-refractivity contribution is 7.98. The molecule has 10 heteroatoms. The van der Waals surface area contributed by atoms with Crippen LogP contribution < -0.4 is 22.1 Å². The largest absolute Gasteiger partial charge is 0.480 e. The number of nitrogens with two attached hydrogens (primary N) is 2. The molecule has 114 valence electrons. The quantitative estimate of drug-likeness (QED) is 0.338. The van der Waals surface area contributed by atoms with Crippen molar-refractivity contribution in [3.05, 3.63) is 0 Å². The summed E-state index contributed by atoms with van der Waals surface area (Å²) in [5.41, 5.74) is 9.84. The number of urea groups is 1. The van der Waals surface area contributed by atoms with Crippen molar-refractivity contribution in [2.24, 2.45) is 11.5 Å². The Kier molecular flexibility index (Phi) is 8.13. The summed E-state index contributed by atoms with van der Waals surface area (Å²) in [6, 6.07) is -3.30. The van der Waals surface area contributed by atoms with Crippen LogP contribution in [0, 0.1) is 0 Å². The van der Waals surface area contributed by atoms with E-state index in [-0.39, 0.29) is 6.42 Å². The molecule has 0 heterocycles. The Morgan fingerprint density at radius 1 is 1.15 bits per heavy atom. The molecule has 0 fully saturated rings. The van der Waals surface area contributed by atoms with Crippen LogP contribution in [0.25, 0.3) is 0 Å². The summed E-state index contributed by atoms with van der Waals surface area (Å²) in [6.45, 7) is 0. The standard InChI is InChI=1S/C10H18N4O5S/c1-20-3-2-5(14-10(12)19)8(16)13-6(9(17)18)4-7(11)15/h5-6H,2-4H2,1H3,(H2,11,15)(H,13,16)(H,17,18)(H3,12,14,19). The van der Waals surface area contributed by atoms with Gasteiger partial charge in [0.2, 0.25) is 11.8 Å². The van der Waals surface area contributed by atoms with Gasteiger partial charge in [-0.3, -0.25) is 9.59 Å². The molecule has 0 rings (SSSR count). The number of hydrogen-bond donors (Lipinski definition) is 5. The molecule has 0 aromatic rings. The molecule has 0 bridgehead atoms. The van der Waals surface area contributed by atoms with Crippen LogP contribution in [0.4, 0.5) is 4.79 Å². The van der Waals surface area contributed by atoms with E-state index < -0.39 is 42.3 Å². The third kappa shape index (κ3) is 7.46. The molecule has 0 spiro atoms. The fourth-order valence-electron chi connectivity index (χ4n) is 1.35. The van der Waals surface area contributed by atoms with Crippen molar-refractivity contribution < 1.29 is 24.3 Å². The van der Waals surface area contributed by atoms with Crippen LogP contribution in [-0.4, -0.2) is 53.0 Å². The number of hydrogen-bond acceptors (Lipinski definition) is 5. The average molecular weight is 306 g/mol. The van der Waals surface area contributed by atoms with Gasteiger partial charge in [-0.2, -0.15) is 11.8 Å². The smallest absolute Gasteiger partial charge is 0.326 e. The number of rotatable bonds is 9.